The normalized spacial score (nSPS) is 13.8. The van der Waals surface area contributed by atoms with Crippen LogP contribution in [-0.4, -0.2) is 11.6 Å². The summed E-state index contributed by atoms with van der Waals surface area (Å²) in [5, 5.41) is 0. The highest BCUT2D eigenvalue weighted by Gasteiger charge is 2.28. The second-order valence-corrected chi connectivity index (χ2v) is 4.68. The molecule has 1 unspecified atom stereocenters. The second-order valence-electron chi connectivity index (χ2n) is 4.68. The fourth-order valence-electron chi connectivity index (χ4n) is 2.25. The number of pyridine rings is 1. The van der Waals surface area contributed by atoms with E-state index < -0.39 is 5.54 Å². The smallest absolute Gasteiger partial charge is 0.137 e. The molecule has 1 aromatic heterocycles. The molecule has 0 aliphatic heterocycles. The minimum atomic E-state index is -0.776. The van der Waals surface area contributed by atoms with Crippen molar-refractivity contribution in [2.24, 2.45) is 5.73 Å². The molecule has 0 saturated carbocycles. The van der Waals surface area contributed by atoms with Gasteiger partial charge in [0.1, 0.15) is 11.6 Å². The molecule has 1 aromatic carbocycles. The maximum atomic E-state index is 13.5. The summed E-state index contributed by atoms with van der Waals surface area (Å²) in [7, 11) is 0. The molecule has 0 saturated heterocycles. The largest absolute Gasteiger partial charge is 0.492 e. The molecule has 106 valence electrons. The third kappa shape index (κ3) is 2.80. The number of halogens is 1. The van der Waals surface area contributed by atoms with Crippen LogP contribution in [-0.2, 0) is 5.54 Å². The maximum absolute atomic E-state index is 13.5. The number of benzene rings is 1. The van der Waals surface area contributed by atoms with Gasteiger partial charge in [-0.2, -0.15) is 0 Å². The molecule has 0 bridgehead atoms. The summed E-state index contributed by atoms with van der Waals surface area (Å²) in [6.45, 7) is 4.45. The topological polar surface area (TPSA) is 48.1 Å². The Morgan fingerprint density at radius 1 is 1.20 bits per heavy atom. The number of hydrogen-bond acceptors (Lipinski definition) is 3. The van der Waals surface area contributed by atoms with Crippen molar-refractivity contribution in [2.45, 2.75) is 25.8 Å². The quantitative estimate of drug-likeness (QED) is 0.910. The van der Waals surface area contributed by atoms with Crippen LogP contribution in [0.3, 0.4) is 0 Å². The van der Waals surface area contributed by atoms with Gasteiger partial charge in [0.25, 0.3) is 0 Å². The van der Waals surface area contributed by atoms with Crippen molar-refractivity contribution in [3.05, 3.63) is 59.7 Å². The Bertz CT molecular complexity index is 588. The molecule has 0 fully saturated rings. The monoisotopic (exact) mass is 274 g/mol. The molecule has 4 heteroatoms. The van der Waals surface area contributed by atoms with Gasteiger partial charge in [0.2, 0.25) is 0 Å². The van der Waals surface area contributed by atoms with Crippen molar-refractivity contribution < 1.29 is 9.13 Å². The van der Waals surface area contributed by atoms with Crippen molar-refractivity contribution >= 4 is 0 Å². The first-order chi connectivity index (χ1) is 9.60. The van der Waals surface area contributed by atoms with Crippen molar-refractivity contribution in [2.75, 3.05) is 6.61 Å². The third-order valence-corrected chi connectivity index (χ3v) is 3.44. The lowest BCUT2D eigenvalue weighted by atomic mass is 9.82. The molecular formula is C16H19FN2O. The number of ether oxygens (including phenoxy) is 1. The fraction of sp³-hybridized carbons (Fsp3) is 0.312. The number of nitrogens with zero attached hydrogens (tertiary/aromatic N) is 1. The SMILES string of the molecule is CCOc1cncc(C(N)(CC)c2cccc(F)c2)c1. The Hall–Kier alpha value is -1.94. The van der Waals surface area contributed by atoms with Gasteiger partial charge in [-0.05, 0) is 42.7 Å². The standard InChI is InChI=1S/C16H19FN2O/c1-3-16(18,12-6-5-7-14(17)8-12)13-9-15(20-4-2)11-19-10-13/h5-11H,3-4,18H2,1-2H3. The van der Waals surface area contributed by atoms with Gasteiger partial charge in [-0.1, -0.05) is 19.1 Å². The van der Waals surface area contributed by atoms with E-state index in [1.165, 1.54) is 12.1 Å². The first-order valence-electron chi connectivity index (χ1n) is 6.73. The zero-order valence-electron chi connectivity index (χ0n) is 11.8. The molecule has 3 nitrogen and oxygen atoms in total. The van der Waals surface area contributed by atoms with Crippen LogP contribution in [0.15, 0.2) is 42.7 Å². The molecule has 0 spiro atoms. The highest BCUT2D eigenvalue weighted by Crippen LogP contribution is 2.31. The molecular weight excluding hydrogens is 255 g/mol. The van der Waals surface area contributed by atoms with Crippen molar-refractivity contribution in [3.8, 4) is 5.75 Å². The summed E-state index contributed by atoms with van der Waals surface area (Å²) in [6.07, 6.45) is 3.99. The summed E-state index contributed by atoms with van der Waals surface area (Å²) in [4.78, 5) is 4.17. The zero-order chi connectivity index (χ0) is 14.6. The van der Waals surface area contributed by atoms with Crippen molar-refractivity contribution in [3.63, 3.8) is 0 Å². The highest BCUT2D eigenvalue weighted by atomic mass is 19.1. The minimum Gasteiger partial charge on any atom is -0.492 e. The van der Waals surface area contributed by atoms with Crippen LogP contribution in [0.5, 0.6) is 5.75 Å². The lowest BCUT2D eigenvalue weighted by Crippen LogP contribution is -2.37. The molecule has 2 aromatic rings. The van der Waals surface area contributed by atoms with Crippen molar-refractivity contribution in [1.82, 2.24) is 4.98 Å². The van der Waals surface area contributed by atoms with Gasteiger partial charge >= 0.3 is 0 Å². The Labute approximate surface area is 118 Å². The van der Waals surface area contributed by atoms with Gasteiger partial charge < -0.3 is 10.5 Å². The van der Waals surface area contributed by atoms with Gasteiger partial charge in [-0.25, -0.2) is 4.39 Å². The summed E-state index contributed by atoms with van der Waals surface area (Å²) >= 11 is 0. The van der Waals surface area contributed by atoms with Crippen LogP contribution in [0, 0.1) is 5.82 Å². The number of rotatable bonds is 5. The van der Waals surface area contributed by atoms with Crippen molar-refractivity contribution in [1.29, 1.82) is 0 Å². The summed E-state index contributed by atoms with van der Waals surface area (Å²) in [5.74, 6) is 0.379. The molecule has 2 N–H and O–H groups in total. The van der Waals surface area contributed by atoms with E-state index in [1.54, 1.807) is 18.5 Å². The minimum absolute atomic E-state index is 0.292. The Morgan fingerprint density at radius 3 is 2.65 bits per heavy atom. The predicted molar refractivity (Wildman–Crippen MR) is 77.1 cm³/mol. The maximum Gasteiger partial charge on any atom is 0.137 e. The second kappa shape index (κ2) is 6.01. The first-order valence-corrected chi connectivity index (χ1v) is 6.73. The molecule has 1 atom stereocenters. The van der Waals surface area contributed by atoms with Crippen LogP contribution < -0.4 is 10.5 Å². The fourth-order valence-corrected chi connectivity index (χ4v) is 2.25. The van der Waals surface area contributed by atoms with Crippen LogP contribution >= 0.6 is 0 Å². The van der Waals surface area contributed by atoms with E-state index in [2.05, 4.69) is 4.98 Å². The lowest BCUT2D eigenvalue weighted by molar-refractivity contribution is 0.337. The Morgan fingerprint density at radius 2 is 2.00 bits per heavy atom. The third-order valence-electron chi connectivity index (χ3n) is 3.44. The van der Waals surface area contributed by atoms with Gasteiger partial charge in [-0.15, -0.1) is 0 Å². The van der Waals surface area contributed by atoms with Crippen LogP contribution in [0.25, 0.3) is 0 Å². The number of hydrogen-bond donors (Lipinski definition) is 1. The summed E-state index contributed by atoms with van der Waals surface area (Å²) in [5.41, 5.74) is 7.28. The Balaban J connectivity index is 2.47. The van der Waals surface area contributed by atoms with Crippen LogP contribution in [0.2, 0.25) is 0 Å². The van der Waals surface area contributed by atoms with Gasteiger partial charge in [0.05, 0.1) is 18.3 Å². The molecule has 1 heterocycles. The van der Waals surface area contributed by atoms with E-state index >= 15 is 0 Å². The summed E-state index contributed by atoms with van der Waals surface area (Å²) in [6, 6.07) is 8.25. The number of nitrogens with two attached hydrogens (primary N) is 1. The number of aromatic nitrogens is 1. The average molecular weight is 274 g/mol. The Kier molecular flexibility index (Phi) is 4.35. The zero-order valence-corrected chi connectivity index (χ0v) is 11.8. The van der Waals surface area contributed by atoms with Crippen LogP contribution in [0.4, 0.5) is 4.39 Å². The molecule has 0 radical (unpaired) electrons. The van der Waals surface area contributed by atoms with E-state index in [1.807, 2.05) is 26.0 Å². The molecule has 2 rings (SSSR count). The van der Waals surface area contributed by atoms with Gasteiger partial charge in [0.15, 0.2) is 0 Å². The molecule has 20 heavy (non-hydrogen) atoms. The van der Waals surface area contributed by atoms with E-state index in [-0.39, 0.29) is 5.82 Å². The lowest BCUT2D eigenvalue weighted by Gasteiger charge is -2.29. The molecule has 0 amide bonds. The van der Waals surface area contributed by atoms with Gasteiger partial charge in [-0.3, -0.25) is 4.98 Å². The summed E-state index contributed by atoms with van der Waals surface area (Å²) < 4.78 is 18.9. The predicted octanol–water partition coefficient (Wildman–Crippen LogP) is 3.23. The van der Waals surface area contributed by atoms with E-state index in [0.717, 1.165) is 11.1 Å². The van der Waals surface area contributed by atoms with E-state index in [9.17, 15) is 4.39 Å². The highest BCUT2D eigenvalue weighted by molar-refractivity contribution is 5.39. The van der Waals surface area contributed by atoms with Crippen LogP contribution in [0.1, 0.15) is 31.4 Å². The first kappa shape index (κ1) is 14.5. The van der Waals surface area contributed by atoms with Gasteiger partial charge in [0, 0.05) is 6.20 Å². The van der Waals surface area contributed by atoms with E-state index in [0.29, 0.717) is 18.8 Å². The molecule has 0 aliphatic carbocycles. The average Bonchev–Trinajstić information content (AvgIpc) is 2.47. The molecule has 0 aliphatic rings. The van der Waals surface area contributed by atoms with E-state index in [4.69, 9.17) is 10.5 Å².